The van der Waals surface area contributed by atoms with Crippen molar-refractivity contribution >= 4 is 11.6 Å². The Morgan fingerprint density at radius 1 is 0.750 bits per heavy atom. The van der Waals surface area contributed by atoms with Crippen molar-refractivity contribution < 1.29 is 34.8 Å². The zero-order chi connectivity index (χ0) is 26.5. The average Bonchev–Trinajstić information content (AvgIpc) is 2.82. The molecule has 0 aliphatic rings. The van der Waals surface area contributed by atoms with E-state index in [0.717, 1.165) is 17.7 Å². The first kappa shape index (κ1) is 25.9. The second-order valence-electron chi connectivity index (χ2n) is 8.19. The number of phenolic OH excluding ortho intramolecular Hbond substituents is 4. The molecule has 3 rings (SSSR count). The molecule has 0 heterocycles. The van der Waals surface area contributed by atoms with Crippen LogP contribution in [0.3, 0.4) is 0 Å². The summed E-state index contributed by atoms with van der Waals surface area (Å²) in [5.41, 5.74) is -0.412. The van der Waals surface area contributed by atoms with E-state index in [1.807, 2.05) is 30.3 Å². The minimum atomic E-state index is -1.43. The molecule has 0 radical (unpaired) electrons. The summed E-state index contributed by atoms with van der Waals surface area (Å²) in [4.78, 5) is 23.6. The molecule has 0 aromatic heterocycles. The molecule has 182 valence electrons. The third-order valence-corrected chi connectivity index (χ3v) is 5.23. The van der Waals surface area contributed by atoms with Crippen molar-refractivity contribution in [1.29, 1.82) is 0 Å². The van der Waals surface area contributed by atoms with Gasteiger partial charge in [-0.2, -0.15) is 0 Å². The first-order valence-corrected chi connectivity index (χ1v) is 10.9. The molecule has 3 aromatic carbocycles. The lowest BCUT2D eigenvalue weighted by Crippen LogP contribution is -2.24. The van der Waals surface area contributed by atoms with Gasteiger partial charge >= 0.3 is 0 Å². The molecule has 0 saturated carbocycles. The molecule has 0 fully saturated rings. The van der Waals surface area contributed by atoms with Gasteiger partial charge < -0.3 is 25.2 Å². The summed E-state index contributed by atoms with van der Waals surface area (Å²) >= 11 is 0. The van der Waals surface area contributed by atoms with Crippen molar-refractivity contribution in [2.24, 2.45) is 0 Å². The summed E-state index contributed by atoms with van der Waals surface area (Å²) in [6.45, 7) is 4.28. The van der Waals surface area contributed by atoms with Crippen LogP contribution in [0, 0.1) is 23.7 Å². The quantitative estimate of drug-likeness (QED) is 0.315. The van der Waals surface area contributed by atoms with Gasteiger partial charge in [0.25, 0.3) is 0 Å². The largest absolute Gasteiger partial charge is 0.507 e. The predicted octanol–water partition coefficient (Wildman–Crippen LogP) is 4.29. The van der Waals surface area contributed by atoms with Crippen molar-refractivity contribution in [2.45, 2.75) is 33.0 Å². The van der Waals surface area contributed by atoms with E-state index in [1.165, 1.54) is 26.0 Å². The molecule has 0 bridgehead atoms. The summed E-state index contributed by atoms with van der Waals surface area (Å²) in [6, 6.07) is 13.9. The van der Waals surface area contributed by atoms with Gasteiger partial charge in [-0.05, 0) is 50.3 Å². The fourth-order valence-electron chi connectivity index (χ4n) is 3.20. The topological polar surface area (TPSA) is 124 Å². The smallest absolute Gasteiger partial charge is 0.188 e. The maximum atomic E-state index is 11.8. The van der Waals surface area contributed by atoms with Crippen LogP contribution in [-0.2, 0) is 11.3 Å². The highest BCUT2D eigenvalue weighted by molar-refractivity contribution is 5.98. The van der Waals surface area contributed by atoms with Gasteiger partial charge in [0.05, 0.1) is 28.9 Å². The molecule has 0 saturated heterocycles. The van der Waals surface area contributed by atoms with Crippen LogP contribution in [0.4, 0.5) is 0 Å². The molecule has 7 nitrogen and oxygen atoms in total. The van der Waals surface area contributed by atoms with Crippen molar-refractivity contribution in [2.75, 3.05) is 0 Å². The first-order chi connectivity index (χ1) is 17.0. The van der Waals surface area contributed by atoms with Crippen LogP contribution in [0.15, 0.2) is 54.6 Å². The zero-order valence-electron chi connectivity index (χ0n) is 19.9. The van der Waals surface area contributed by atoms with E-state index >= 15 is 0 Å². The monoisotopic (exact) mass is 484 g/mol. The average molecular weight is 485 g/mol. The maximum Gasteiger partial charge on any atom is 0.188 e. The number of phenols is 4. The molecule has 36 heavy (non-hydrogen) atoms. The number of ether oxygens (including phenoxy) is 1. The number of ketones is 2. The number of Topliss-reactive ketones (excluding diaryl/α,β-unsaturated/α-hetero) is 2. The highest BCUT2D eigenvalue weighted by Gasteiger charge is 2.21. The Morgan fingerprint density at radius 2 is 1.19 bits per heavy atom. The van der Waals surface area contributed by atoms with Crippen molar-refractivity contribution in [3.63, 3.8) is 0 Å². The number of hydrogen-bond donors (Lipinski definition) is 4. The normalized spacial score (nSPS) is 10.5. The van der Waals surface area contributed by atoms with Crippen LogP contribution >= 0.6 is 0 Å². The van der Waals surface area contributed by atoms with Gasteiger partial charge in [-0.1, -0.05) is 42.2 Å². The highest BCUT2D eigenvalue weighted by Crippen LogP contribution is 2.29. The SMILES string of the molecule is CC(=O)c1cc(C#CC(C)(C#Cc2cc(C(C)=O)c(O)cc2O)OCc2ccccc2)c(O)cc1O. The van der Waals surface area contributed by atoms with Crippen LogP contribution in [0.1, 0.15) is 58.2 Å². The van der Waals surface area contributed by atoms with E-state index in [2.05, 4.69) is 23.7 Å². The molecular weight excluding hydrogens is 460 g/mol. The van der Waals surface area contributed by atoms with E-state index in [0.29, 0.717) is 0 Å². The molecule has 3 aromatic rings. The summed E-state index contributed by atoms with van der Waals surface area (Å²) in [6.07, 6.45) is 0. The third kappa shape index (κ3) is 6.24. The van der Waals surface area contributed by atoms with Gasteiger partial charge in [0.2, 0.25) is 0 Å². The van der Waals surface area contributed by atoms with E-state index < -0.39 is 17.2 Å². The fraction of sp³-hybridized carbons (Fsp3) is 0.172. The number of carbonyl (C=O) groups excluding carboxylic acids is 2. The number of benzene rings is 3. The molecule has 0 aliphatic carbocycles. The van der Waals surface area contributed by atoms with Crippen LogP contribution in [0.2, 0.25) is 0 Å². The van der Waals surface area contributed by atoms with E-state index in [4.69, 9.17) is 4.74 Å². The van der Waals surface area contributed by atoms with Crippen molar-refractivity contribution in [1.82, 2.24) is 0 Å². The fourth-order valence-corrected chi connectivity index (χ4v) is 3.20. The second kappa shape index (κ2) is 10.7. The predicted molar refractivity (Wildman–Crippen MR) is 133 cm³/mol. The Labute approximate surface area is 208 Å². The molecule has 0 unspecified atom stereocenters. The number of carbonyl (C=O) groups is 2. The number of hydrogen-bond acceptors (Lipinski definition) is 7. The molecule has 0 aliphatic heterocycles. The highest BCUT2D eigenvalue weighted by atomic mass is 16.5. The molecule has 0 amide bonds. The lowest BCUT2D eigenvalue weighted by molar-refractivity contribution is 0.0422. The molecule has 7 heteroatoms. The minimum Gasteiger partial charge on any atom is -0.507 e. The molecule has 4 N–H and O–H groups in total. The van der Waals surface area contributed by atoms with E-state index in [1.54, 1.807) is 6.92 Å². The Balaban J connectivity index is 2.07. The lowest BCUT2D eigenvalue weighted by atomic mass is 10.0. The molecule has 0 atom stereocenters. The van der Waals surface area contributed by atoms with Gasteiger partial charge in [0.15, 0.2) is 17.2 Å². The van der Waals surface area contributed by atoms with Gasteiger partial charge in [0, 0.05) is 12.1 Å². The van der Waals surface area contributed by atoms with Crippen LogP contribution < -0.4 is 0 Å². The Bertz CT molecular complexity index is 1360. The summed E-state index contributed by atoms with van der Waals surface area (Å²) < 4.78 is 6.00. The number of aromatic hydroxyl groups is 4. The summed E-state index contributed by atoms with van der Waals surface area (Å²) in [5, 5.41) is 40.2. The first-order valence-electron chi connectivity index (χ1n) is 10.9. The third-order valence-electron chi connectivity index (χ3n) is 5.23. The molecule has 0 spiro atoms. The lowest BCUT2D eigenvalue weighted by Gasteiger charge is -2.18. The Hall–Kier alpha value is -4.72. The van der Waals surface area contributed by atoms with Crippen molar-refractivity contribution in [3.8, 4) is 46.7 Å². The van der Waals surface area contributed by atoms with E-state index in [-0.39, 0.29) is 51.9 Å². The Kier molecular flexibility index (Phi) is 7.69. The van der Waals surface area contributed by atoms with Gasteiger partial charge in [0.1, 0.15) is 23.0 Å². The zero-order valence-corrected chi connectivity index (χ0v) is 19.9. The second-order valence-corrected chi connectivity index (χ2v) is 8.19. The minimum absolute atomic E-state index is 0.000805. The van der Waals surface area contributed by atoms with Crippen LogP contribution in [0.25, 0.3) is 0 Å². The van der Waals surface area contributed by atoms with E-state index in [9.17, 15) is 30.0 Å². The maximum absolute atomic E-state index is 11.8. The van der Waals surface area contributed by atoms with Crippen LogP contribution in [-0.4, -0.2) is 37.6 Å². The Morgan fingerprint density at radius 3 is 1.61 bits per heavy atom. The summed E-state index contributed by atoms with van der Waals surface area (Å²) in [5.74, 6) is 9.03. The van der Waals surface area contributed by atoms with Crippen molar-refractivity contribution in [3.05, 3.63) is 82.4 Å². The number of rotatable bonds is 5. The van der Waals surface area contributed by atoms with Gasteiger partial charge in [-0.3, -0.25) is 9.59 Å². The standard InChI is InChI=1S/C29H24O7/c1-18(30)23-13-21(25(32)15-27(23)34)9-11-29(3,36-17-20-7-5-4-6-8-20)12-10-22-14-24(19(2)31)28(35)16-26(22)33/h4-8,13-16,32-35H,17H2,1-3H3. The summed E-state index contributed by atoms with van der Waals surface area (Å²) in [7, 11) is 0. The molecular formula is C29H24O7. The van der Waals surface area contributed by atoms with Crippen LogP contribution in [0.5, 0.6) is 23.0 Å². The van der Waals surface area contributed by atoms with Gasteiger partial charge in [-0.15, -0.1) is 0 Å². The van der Waals surface area contributed by atoms with Gasteiger partial charge in [-0.25, -0.2) is 0 Å².